The summed E-state index contributed by atoms with van der Waals surface area (Å²) in [4.78, 5) is 32.7. The molecule has 6 rings (SSSR count). The van der Waals surface area contributed by atoms with Gasteiger partial charge < -0.3 is 18.9 Å². The number of esters is 1. The fraction of sp³-hybridized carbons (Fsp3) is 0.216. The Morgan fingerprint density at radius 3 is 2.55 bits per heavy atom. The molecule has 4 aromatic carbocycles. The number of benzene rings is 4. The molecule has 0 radical (unpaired) electrons. The smallest absolute Gasteiger partial charge is 0.338 e. The highest BCUT2D eigenvalue weighted by atomic mass is 79.9. The van der Waals surface area contributed by atoms with Gasteiger partial charge in [0.25, 0.3) is 5.56 Å². The molecule has 10 heteroatoms. The number of fused-ring (bicyclic) bond motifs is 2. The van der Waals surface area contributed by atoms with Crippen LogP contribution < -0.4 is 29.1 Å². The maximum absolute atomic E-state index is 14.2. The zero-order valence-corrected chi connectivity index (χ0v) is 28.8. The number of methoxy groups -OCH3 is 1. The molecule has 1 aliphatic heterocycles. The summed E-state index contributed by atoms with van der Waals surface area (Å²) in [6, 6.07) is 24.8. The number of aromatic nitrogens is 1. The van der Waals surface area contributed by atoms with Crippen molar-refractivity contribution >= 4 is 50.1 Å². The van der Waals surface area contributed by atoms with Crippen molar-refractivity contribution in [2.75, 3.05) is 20.3 Å². The molecule has 0 saturated carbocycles. The highest BCUT2D eigenvalue weighted by Gasteiger charge is 2.35. The van der Waals surface area contributed by atoms with Gasteiger partial charge in [0.15, 0.2) is 16.3 Å². The Morgan fingerprint density at radius 2 is 1.77 bits per heavy atom. The molecule has 47 heavy (non-hydrogen) atoms. The first-order valence-electron chi connectivity index (χ1n) is 15.2. The van der Waals surface area contributed by atoms with Crippen molar-refractivity contribution < 1.29 is 23.7 Å². The van der Waals surface area contributed by atoms with E-state index in [1.165, 1.54) is 11.3 Å². The number of rotatable bonds is 10. The molecule has 0 amide bonds. The van der Waals surface area contributed by atoms with Crippen LogP contribution in [0, 0.1) is 0 Å². The Labute approximate surface area is 284 Å². The number of carbonyl (C=O) groups excluding carboxylic acids is 1. The third-order valence-electron chi connectivity index (χ3n) is 7.82. The summed E-state index contributed by atoms with van der Waals surface area (Å²) in [6.07, 6.45) is 1.82. The summed E-state index contributed by atoms with van der Waals surface area (Å²) < 4.78 is 25.7. The molecule has 0 unspecified atom stereocenters. The van der Waals surface area contributed by atoms with Gasteiger partial charge in [-0.15, -0.1) is 0 Å². The number of carbonyl (C=O) groups is 1. The third-order valence-corrected chi connectivity index (χ3v) is 9.49. The van der Waals surface area contributed by atoms with Gasteiger partial charge in [-0.1, -0.05) is 81.9 Å². The minimum atomic E-state index is -0.818. The fourth-order valence-corrected chi connectivity index (χ4v) is 7.28. The van der Waals surface area contributed by atoms with Gasteiger partial charge in [-0.25, -0.2) is 9.79 Å². The second-order valence-corrected chi connectivity index (χ2v) is 12.6. The summed E-state index contributed by atoms with van der Waals surface area (Å²) in [5.74, 6) is 1.16. The lowest BCUT2D eigenvalue weighted by molar-refractivity contribution is -0.139. The minimum absolute atomic E-state index is 0.180. The second kappa shape index (κ2) is 14.0. The molecule has 2 heterocycles. The Morgan fingerprint density at radius 1 is 0.979 bits per heavy atom. The van der Waals surface area contributed by atoms with E-state index < -0.39 is 12.0 Å². The van der Waals surface area contributed by atoms with Crippen molar-refractivity contribution in [3.05, 3.63) is 131 Å². The molecule has 0 spiro atoms. The average molecular weight is 714 g/mol. The molecule has 0 fully saturated rings. The highest BCUT2D eigenvalue weighted by Crippen LogP contribution is 2.41. The van der Waals surface area contributed by atoms with Crippen LogP contribution in [-0.4, -0.2) is 30.9 Å². The molecular weight excluding hydrogens is 680 g/mol. The van der Waals surface area contributed by atoms with E-state index in [0.29, 0.717) is 55.5 Å². The van der Waals surface area contributed by atoms with E-state index in [4.69, 9.17) is 23.9 Å². The maximum Gasteiger partial charge on any atom is 0.338 e. The second-order valence-electron chi connectivity index (χ2n) is 10.8. The number of nitrogens with zero attached hydrogens (tertiary/aromatic N) is 2. The molecule has 240 valence electrons. The van der Waals surface area contributed by atoms with Crippen LogP contribution in [-0.2, 0) is 16.1 Å². The normalized spacial score (nSPS) is 14.5. The lowest BCUT2D eigenvalue weighted by Crippen LogP contribution is -2.40. The van der Waals surface area contributed by atoms with Crippen LogP contribution in [0.5, 0.6) is 17.2 Å². The lowest BCUT2D eigenvalue weighted by Gasteiger charge is -2.26. The van der Waals surface area contributed by atoms with Crippen LogP contribution in [0.25, 0.3) is 16.8 Å². The van der Waals surface area contributed by atoms with Crippen molar-refractivity contribution in [2.45, 2.75) is 33.4 Å². The van der Waals surface area contributed by atoms with E-state index in [-0.39, 0.29) is 17.7 Å². The van der Waals surface area contributed by atoms with E-state index in [1.54, 1.807) is 37.7 Å². The van der Waals surface area contributed by atoms with Gasteiger partial charge in [-0.3, -0.25) is 9.36 Å². The Balaban J connectivity index is 1.41. The summed E-state index contributed by atoms with van der Waals surface area (Å²) in [7, 11) is 1.55. The topological polar surface area (TPSA) is 88.4 Å². The van der Waals surface area contributed by atoms with E-state index in [9.17, 15) is 9.59 Å². The van der Waals surface area contributed by atoms with Gasteiger partial charge in [0.05, 0.1) is 42.2 Å². The molecular formula is C37H33BrN2O6S. The first kappa shape index (κ1) is 32.3. The number of hydrogen-bond acceptors (Lipinski definition) is 8. The van der Waals surface area contributed by atoms with Crippen molar-refractivity contribution in [3.63, 3.8) is 0 Å². The summed E-state index contributed by atoms with van der Waals surface area (Å²) in [6.45, 7) is 6.42. The van der Waals surface area contributed by atoms with E-state index in [0.717, 1.165) is 21.9 Å². The van der Waals surface area contributed by atoms with Gasteiger partial charge in [-0.2, -0.15) is 0 Å². The van der Waals surface area contributed by atoms with Crippen LogP contribution in [0.4, 0.5) is 0 Å². The number of allylic oxidation sites excluding steroid dienone is 1. The number of halogens is 1. The minimum Gasteiger partial charge on any atom is -0.493 e. The number of ether oxygens (including phenoxy) is 4. The fourth-order valence-electron chi connectivity index (χ4n) is 5.70. The zero-order chi connectivity index (χ0) is 33.1. The summed E-state index contributed by atoms with van der Waals surface area (Å²) >= 11 is 4.93. The molecule has 8 nitrogen and oxygen atoms in total. The third kappa shape index (κ3) is 6.48. The van der Waals surface area contributed by atoms with Crippen LogP contribution in [0.15, 0.2) is 104 Å². The van der Waals surface area contributed by atoms with Crippen molar-refractivity contribution in [1.82, 2.24) is 4.57 Å². The monoisotopic (exact) mass is 712 g/mol. The standard InChI is InChI=1S/C37H33BrN2O6S/c1-5-44-31-20-29(38)28(19-30(31)43-4)34-33(36(42)45-6-2)22(3)39-37-40(34)35(41)32(47-37)18-23-11-9-15-26(17-23)46-21-25-14-10-13-24-12-7-8-16-27(24)25/h7-20,34H,5-6,21H2,1-4H3/b32-18+/t34-/m1/s1. The summed E-state index contributed by atoms with van der Waals surface area (Å²) in [5, 5.41) is 2.31. The van der Waals surface area contributed by atoms with Crippen molar-refractivity contribution in [1.29, 1.82) is 0 Å². The molecule has 1 atom stereocenters. The predicted octanol–water partition coefficient (Wildman–Crippen LogP) is 6.70. The summed E-state index contributed by atoms with van der Waals surface area (Å²) in [5.41, 5.74) is 3.00. The maximum atomic E-state index is 14.2. The molecule has 0 N–H and O–H groups in total. The van der Waals surface area contributed by atoms with Crippen LogP contribution >= 0.6 is 27.3 Å². The first-order valence-corrected chi connectivity index (χ1v) is 16.8. The first-order chi connectivity index (χ1) is 22.8. The quantitative estimate of drug-likeness (QED) is 0.150. The zero-order valence-electron chi connectivity index (χ0n) is 26.4. The van der Waals surface area contributed by atoms with E-state index >= 15 is 0 Å². The molecule has 1 aliphatic rings. The number of thiazole rings is 1. The molecule has 0 aliphatic carbocycles. The molecule has 0 saturated heterocycles. The average Bonchev–Trinajstić information content (AvgIpc) is 3.37. The van der Waals surface area contributed by atoms with Gasteiger partial charge in [-0.05, 0) is 78.6 Å². The molecule has 0 bridgehead atoms. The predicted molar refractivity (Wildman–Crippen MR) is 187 cm³/mol. The van der Waals surface area contributed by atoms with Crippen molar-refractivity contribution in [3.8, 4) is 17.2 Å². The Hall–Kier alpha value is -4.67. The van der Waals surface area contributed by atoms with Gasteiger partial charge in [0.1, 0.15) is 12.4 Å². The molecule has 1 aromatic heterocycles. The largest absolute Gasteiger partial charge is 0.493 e. The highest BCUT2D eigenvalue weighted by molar-refractivity contribution is 9.10. The Kier molecular flexibility index (Phi) is 9.60. The van der Waals surface area contributed by atoms with Gasteiger partial charge in [0.2, 0.25) is 0 Å². The van der Waals surface area contributed by atoms with Crippen LogP contribution in [0.1, 0.15) is 43.5 Å². The van der Waals surface area contributed by atoms with E-state index in [2.05, 4.69) is 40.2 Å². The lowest BCUT2D eigenvalue weighted by atomic mass is 9.95. The van der Waals surface area contributed by atoms with Crippen molar-refractivity contribution in [2.24, 2.45) is 4.99 Å². The van der Waals surface area contributed by atoms with Crippen LogP contribution in [0.3, 0.4) is 0 Å². The van der Waals surface area contributed by atoms with Crippen LogP contribution in [0.2, 0.25) is 0 Å². The molecule has 5 aromatic rings. The number of hydrogen-bond donors (Lipinski definition) is 0. The van der Waals surface area contributed by atoms with Gasteiger partial charge >= 0.3 is 5.97 Å². The van der Waals surface area contributed by atoms with E-state index in [1.807, 2.05) is 55.5 Å². The van der Waals surface area contributed by atoms with Gasteiger partial charge in [0, 0.05) is 4.47 Å². The SMILES string of the molecule is CCOC(=O)C1=C(C)N=c2s/c(=C/c3cccc(OCc4cccc5ccccc45)c3)c(=O)n2[C@@H]1c1cc(OC)c(OCC)cc1Br. The Bertz CT molecular complexity index is 2200.